The number of aliphatic hydroxyl groups excluding tert-OH is 1. The molecule has 0 spiro atoms. The number of nitrogens with zero attached hydrogens (tertiary/aromatic N) is 2. The van der Waals surface area contributed by atoms with E-state index in [1.807, 2.05) is 0 Å². The molecule has 1 aromatic rings. The number of benzene rings is 1. The Morgan fingerprint density at radius 2 is 2.25 bits per heavy atom. The molecule has 0 saturated carbocycles. The minimum absolute atomic E-state index is 0.00993. The number of rotatable bonds is 3. The van der Waals surface area contributed by atoms with Gasteiger partial charge in [-0.05, 0) is 6.07 Å². The van der Waals surface area contributed by atoms with Crippen LogP contribution in [0.2, 0.25) is 0 Å². The first kappa shape index (κ1) is 13.9. The molecule has 1 unspecified atom stereocenters. The summed E-state index contributed by atoms with van der Waals surface area (Å²) in [6.45, 7) is -0.00993. The number of hydrogen-bond donors (Lipinski definition) is 1. The highest BCUT2D eigenvalue weighted by Gasteiger charge is 2.32. The van der Waals surface area contributed by atoms with Crippen LogP contribution in [0.25, 0.3) is 0 Å². The van der Waals surface area contributed by atoms with Crippen molar-refractivity contribution in [1.82, 2.24) is 0 Å². The standard InChI is InChI=1S/C12H12N2O6/c1-20-12(17)9-3-2-7(14(18)19)4-10(9)13-6-8(15)5-11(13)16/h2-4,8,15H,5-6H2,1H3. The highest BCUT2D eigenvalue weighted by atomic mass is 16.6. The van der Waals surface area contributed by atoms with Crippen molar-refractivity contribution < 1.29 is 24.4 Å². The van der Waals surface area contributed by atoms with E-state index in [0.717, 1.165) is 17.0 Å². The molecular weight excluding hydrogens is 268 g/mol. The van der Waals surface area contributed by atoms with Crippen LogP contribution in [0.5, 0.6) is 0 Å². The number of carbonyl (C=O) groups is 2. The molecule has 1 N–H and O–H groups in total. The van der Waals surface area contributed by atoms with E-state index >= 15 is 0 Å². The van der Waals surface area contributed by atoms with Crippen molar-refractivity contribution in [2.45, 2.75) is 12.5 Å². The van der Waals surface area contributed by atoms with E-state index in [-0.39, 0.29) is 29.9 Å². The number of anilines is 1. The Balaban J connectivity index is 2.52. The zero-order chi connectivity index (χ0) is 14.9. The highest BCUT2D eigenvalue weighted by Crippen LogP contribution is 2.30. The van der Waals surface area contributed by atoms with Crippen molar-refractivity contribution in [1.29, 1.82) is 0 Å². The Morgan fingerprint density at radius 3 is 2.75 bits per heavy atom. The normalized spacial score (nSPS) is 18.2. The fourth-order valence-electron chi connectivity index (χ4n) is 2.06. The lowest BCUT2D eigenvalue weighted by atomic mass is 10.1. The largest absolute Gasteiger partial charge is 0.465 e. The number of nitro groups is 1. The van der Waals surface area contributed by atoms with E-state index in [9.17, 15) is 24.8 Å². The lowest BCUT2D eigenvalue weighted by molar-refractivity contribution is -0.384. The van der Waals surface area contributed by atoms with Gasteiger partial charge in [0.25, 0.3) is 5.69 Å². The zero-order valence-corrected chi connectivity index (χ0v) is 10.6. The fraction of sp³-hybridized carbons (Fsp3) is 0.333. The van der Waals surface area contributed by atoms with Gasteiger partial charge in [0.2, 0.25) is 5.91 Å². The molecule has 0 bridgehead atoms. The van der Waals surface area contributed by atoms with Gasteiger partial charge in [-0.1, -0.05) is 0 Å². The van der Waals surface area contributed by atoms with Crippen LogP contribution in [0.4, 0.5) is 11.4 Å². The molecule has 0 radical (unpaired) electrons. The van der Waals surface area contributed by atoms with Gasteiger partial charge >= 0.3 is 5.97 Å². The first-order valence-electron chi connectivity index (χ1n) is 5.79. The average molecular weight is 280 g/mol. The summed E-state index contributed by atoms with van der Waals surface area (Å²) in [6.07, 6.45) is -0.934. The lowest BCUT2D eigenvalue weighted by Crippen LogP contribution is -2.27. The number of nitro benzene ring substituents is 1. The van der Waals surface area contributed by atoms with Crippen LogP contribution in [-0.2, 0) is 9.53 Å². The quantitative estimate of drug-likeness (QED) is 0.490. The third kappa shape index (κ3) is 2.45. The van der Waals surface area contributed by atoms with Gasteiger partial charge in [0.05, 0.1) is 42.4 Å². The fourth-order valence-corrected chi connectivity index (χ4v) is 2.06. The van der Waals surface area contributed by atoms with Gasteiger partial charge in [-0.25, -0.2) is 4.79 Å². The summed E-state index contributed by atoms with van der Waals surface area (Å²) in [4.78, 5) is 34.8. The number of β-amino-alcohol motifs (C(OH)–C–C–N with tert-alkyl or cyclic N) is 1. The second-order valence-electron chi connectivity index (χ2n) is 4.31. The Kier molecular flexibility index (Phi) is 3.66. The summed E-state index contributed by atoms with van der Waals surface area (Å²) in [5.74, 6) is -1.10. The Bertz CT molecular complexity index is 585. The molecule has 1 aliphatic rings. The second-order valence-corrected chi connectivity index (χ2v) is 4.31. The number of methoxy groups -OCH3 is 1. The maximum absolute atomic E-state index is 11.8. The summed E-state index contributed by atoms with van der Waals surface area (Å²) >= 11 is 0. The smallest absolute Gasteiger partial charge is 0.339 e. The Morgan fingerprint density at radius 1 is 1.55 bits per heavy atom. The van der Waals surface area contributed by atoms with Crippen molar-refractivity contribution >= 4 is 23.3 Å². The van der Waals surface area contributed by atoms with Crippen LogP contribution >= 0.6 is 0 Å². The maximum Gasteiger partial charge on any atom is 0.339 e. The summed E-state index contributed by atoms with van der Waals surface area (Å²) in [5, 5.41) is 20.3. The third-order valence-electron chi connectivity index (χ3n) is 2.99. The van der Waals surface area contributed by atoms with Crippen molar-refractivity contribution in [3.63, 3.8) is 0 Å². The number of carbonyl (C=O) groups excluding carboxylic acids is 2. The van der Waals surface area contributed by atoms with Gasteiger partial charge in [-0.2, -0.15) is 0 Å². The SMILES string of the molecule is COC(=O)c1ccc([N+](=O)[O-])cc1N1CC(O)CC1=O. The topological polar surface area (TPSA) is 110 Å². The van der Waals surface area contributed by atoms with Gasteiger partial charge < -0.3 is 14.7 Å². The second kappa shape index (κ2) is 5.25. The van der Waals surface area contributed by atoms with Crippen molar-refractivity contribution in [2.75, 3.05) is 18.6 Å². The first-order chi connectivity index (χ1) is 9.43. The molecule has 2 rings (SSSR count). The molecule has 1 heterocycles. The molecule has 1 aromatic carbocycles. The minimum Gasteiger partial charge on any atom is -0.465 e. The van der Waals surface area contributed by atoms with Crippen molar-refractivity contribution in [2.24, 2.45) is 0 Å². The molecule has 20 heavy (non-hydrogen) atoms. The molecule has 1 saturated heterocycles. The molecule has 1 atom stereocenters. The van der Waals surface area contributed by atoms with Gasteiger partial charge in [-0.15, -0.1) is 0 Å². The number of esters is 1. The van der Waals surface area contributed by atoms with E-state index in [1.165, 1.54) is 13.2 Å². The van der Waals surface area contributed by atoms with E-state index in [4.69, 9.17) is 0 Å². The molecule has 1 aliphatic heterocycles. The van der Waals surface area contributed by atoms with E-state index in [2.05, 4.69) is 4.74 Å². The van der Waals surface area contributed by atoms with Crippen molar-refractivity contribution in [3.8, 4) is 0 Å². The lowest BCUT2D eigenvalue weighted by Gasteiger charge is -2.18. The highest BCUT2D eigenvalue weighted by molar-refractivity contribution is 6.04. The third-order valence-corrected chi connectivity index (χ3v) is 2.99. The van der Waals surface area contributed by atoms with Crippen LogP contribution in [-0.4, -0.2) is 41.7 Å². The van der Waals surface area contributed by atoms with Crippen LogP contribution in [0.15, 0.2) is 18.2 Å². The summed E-state index contributed by atoms with van der Waals surface area (Å²) in [6, 6.07) is 3.52. The molecule has 1 fully saturated rings. The number of non-ortho nitro benzene ring substituents is 1. The average Bonchev–Trinajstić information content (AvgIpc) is 2.76. The number of amides is 1. The molecule has 0 aliphatic carbocycles. The monoisotopic (exact) mass is 280 g/mol. The number of ether oxygens (including phenoxy) is 1. The maximum atomic E-state index is 11.8. The van der Waals surface area contributed by atoms with Gasteiger partial charge in [0, 0.05) is 12.1 Å². The predicted octanol–water partition coefficient (Wildman–Crippen LogP) is 0.479. The molecule has 8 nitrogen and oxygen atoms in total. The molecule has 1 amide bonds. The summed E-state index contributed by atoms with van der Waals surface area (Å²) in [5.41, 5.74) is -0.130. The molecule has 106 valence electrons. The summed E-state index contributed by atoms with van der Waals surface area (Å²) in [7, 11) is 1.17. The first-order valence-corrected chi connectivity index (χ1v) is 5.79. The van der Waals surface area contributed by atoms with Crippen LogP contribution in [0, 0.1) is 10.1 Å². The molecular formula is C12H12N2O6. The number of hydrogen-bond acceptors (Lipinski definition) is 6. The van der Waals surface area contributed by atoms with E-state index in [0.29, 0.717) is 0 Å². The van der Waals surface area contributed by atoms with Gasteiger partial charge in [0.1, 0.15) is 0 Å². The minimum atomic E-state index is -0.854. The van der Waals surface area contributed by atoms with Crippen LogP contribution < -0.4 is 4.90 Å². The van der Waals surface area contributed by atoms with Crippen LogP contribution in [0.3, 0.4) is 0 Å². The number of aliphatic hydroxyl groups is 1. The zero-order valence-electron chi connectivity index (χ0n) is 10.6. The van der Waals surface area contributed by atoms with Gasteiger partial charge in [-0.3, -0.25) is 14.9 Å². The Labute approximate surface area is 113 Å². The molecule has 8 heteroatoms. The molecule has 0 aromatic heterocycles. The Hall–Kier alpha value is -2.48. The summed E-state index contributed by atoms with van der Waals surface area (Å²) < 4.78 is 4.59. The van der Waals surface area contributed by atoms with Gasteiger partial charge in [0.15, 0.2) is 0 Å². The van der Waals surface area contributed by atoms with E-state index < -0.39 is 22.9 Å². The van der Waals surface area contributed by atoms with Crippen molar-refractivity contribution in [3.05, 3.63) is 33.9 Å². The van der Waals surface area contributed by atoms with E-state index in [1.54, 1.807) is 0 Å². The van der Waals surface area contributed by atoms with Crippen LogP contribution in [0.1, 0.15) is 16.8 Å². The predicted molar refractivity (Wildman–Crippen MR) is 67.4 cm³/mol.